The summed E-state index contributed by atoms with van der Waals surface area (Å²) in [6.45, 7) is 6.05. The van der Waals surface area contributed by atoms with Crippen molar-refractivity contribution in [1.29, 1.82) is 0 Å². The molecule has 2 unspecified atom stereocenters. The molecular weight excluding hydrogens is 232 g/mol. The predicted molar refractivity (Wildman–Crippen MR) is 72.5 cm³/mol. The van der Waals surface area contributed by atoms with Gasteiger partial charge in [0.1, 0.15) is 0 Å². The molecule has 0 radical (unpaired) electrons. The Morgan fingerprint density at radius 3 is 3.06 bits per heavy atom. The van der Waals surface area contributed by atoms with Gasteiger partial charge in [-0.1, -0.05) is 6.92 Å². The molecule has 1 aromatic heterocycles. The monoisotopic (exact) mass is 252 g/mol. The number of hydrogen-bond donors (Lipinski definition) is 2. The summed E-state index contributed by atoms with van der Waals surface area (Å²) >= 11 is 1.69. The Hall–Kier alpha value is -1.10. The second kappa shape index (κ2) is 6.00. The van der Waals surface area contributed by atoms with Crippen molar-refractivity contribution in [3.63, 3.8) is 0 Å². The minimum atomic E-state index is 0.618. The van der Waals surface area contributed by atoms with E-state index >= 15 is 0 Å². The molecule has 0 saturated heterocycles. The fourth-order valence-corrected chi connectivity index (χ4v) is 2.27. The van der Waals surface area contributed by atoms with Crippen molar-refractivity contribution in [2.45, 2.75) is 32.7 Å². The summed E-state index contributed by atoms with van der Waals surface area (Å²) in [7, 11) is 0. The van der Waals surface area contributed by atoms with Gasteiger partial charge in [-0.25, -0.2) is 4.98 Å². The van der Waals surface area contributed by atoms with Crippen LogP contribution in [-0.4, -0.2) is 30.1 Å². The van der Waals surface area contributed by atoms with E-state index in [0.717, 1.165) is 36.4 Å². The highest BCUT2D eigenvalue weighted by Gasteiger charge is 2.33. The standard InChI is InChI=1S/C12H20N4S/c1-3-13-12(16-10-8-9(10)2)15-5-4-11-14-6-7-17-11/h6-7,9-10H,3-5,8H2,1-2H3,(H2,13,15,16). The molecule has 2 rings (SSSR count). The van der Waals surface area contributed by atoms with Gasteiger partial charge < -0.3 is 10.6 Å². The van der Waals surface area contributed by atoms with Crippen LogP contribution >= 0.6 is 11.3 Å². The van der Waals surface area contributed by atoms with Crippen molar-refractivity contribution < 1.29 is 0 Å². The zero-order chi connectivity index (χ0) is 12.1. The predicted octanol–water partition coefficient (Wildman–Crippen LogP) is 1.65. The van der Waals surface area contributed by atoms with Gasteiger partial charge in [0.25, 0.3) is 0 Å². The van der Waals surface area contributed by atoms with Gasteiger partial charge in [0, 0.05) is 37.1 Å². The number of nitrogens with one attached hydrogen (secondary N) is 2. The third-order valence-corrected chi connectivity index (χ3v) is 3.69. The van der Waals surface area contributed by atoms with E-state index in [4.69, 9.17) is 0 Å². The zero-order valence-electron chi connectivity index (χ0n) is 10.4. The minimum absolute atomic E-state index is 0.618. The Morgan fingerprint density at radius 2 is 2.47 bits per heavy atom. The van der Waals surface area contributed by atoms with Crippen LogP contribution in [0.1, 0.15) is 25.3 Å². The topological polar surface area (TPSA) is 49.3 Å². The van der Waals surface area contributed by atoms with Crippen molar-refractivity contribution in [2.75, 3.05) is 13.1 Å². The number of nitrogens with zero attached hydrogens (tertiary/aromatic N) is 2. The van der Waals surface area contributed by atoms with Crippen LogP contribution in [0.4, 0.5) is 0 Å². The maximum absolute atomic E-state index is 4.56. The summed E-state index contributed by atoms with van der Waals surface area (Å²) in [5.74, 6) is 1.73. The maximum atomic E-state index is 4.56. The van der Waals surface area contributed by atoms with Crippen LogP contribution in [0, 0.1) is 5.92 Å². The molecule has 2 N–H and O–H groups in total. The summed E-state index contributed by atoms with van der Waals surface area (Å²) in [5, 5.41) is 9.89. The summed E-state index contributed by atoms with van der Waals surface area (Å²) < 4.78 is 0. The Bertz CT molecular complexity index is 361. The number of aromatic nitrogens is 1. The summed E-state index contributed by atoms with van der Waals surface area (Å²) in [6.07, 6.45) is 4.03. The summed E-state index contributed by atoms with van der Waals surface area (Å²) in [5.41, 5.74) is 0. The van der Waals surface area contributed by atoms with Gasteiger partial charge in [0.05, 0.1) is 5.01 Å². The van der Waals surface area contributed by atoms with Gasteiger partial charge in [-0.05, 0) is 19.3 Å². The van der Waals surface area contributed by atoms with Gasteiger partial charge in [-0.3, -0.25) is 4.99 Å². The first-order chi connectivity index (χ1) is 8.29. The molecule has 94 valence electrons. The fraction of sp³-hybridized carbons (Fsp3) is 0.667. The first-order valence-corrected chi connectivity index (χ1v) is 7.10. The molecular formula is C12H20N4S. The van der Waals surface area contributed by atoms with E-state index in [1.54, 1.807) is 11.3 Å². The Kier molecular flexibility index (Phi) is 4.36. The van der Waals surface area contributed by atoms with Crippen LogP contribution in [0.2, 0.25) is 0 Å². The number of aliphatic imine (C=N–C) groups is 1. The average Bonchev–Trinajstić information content (AvgIpc) is 2.81. The highest BCUT2D eigenvalue weighted by molar-refractivity contribution is 7.09. The molecule has 2 atom stereocenters. The molecule has 1 saturated carbocycles. The largest absolute Gasteiger partial charge is 0.357 e. The molecule has 17 heavy (non-hydrogen) atoms. The van der Waals surface area contributed by atoms with E-state index in [2.05, 4.69) is 34.5 Å². The van der Waals surface area contributed by atoms with E-state index in [9.17, 15) is 0 Å². The van der Waals surface area contributed by atoms with Crippen LogP contribution in [0.3, 0.4) is 0 Å². The van der Waals surface area contributed by atoms with E-state index in [-0.39, 0.29) is 0 Å². The van der Waals surface area contributed by atoms with Crippen molar-refractivity contribution in [1.82, 2.24) is 15.6 Å². The molecule has 0 amide bonds. The number of thiazole rings is 1. The van der Waals surface area contributed by atoms with Crippen LogP contribution in [0.15, 0.2) is 16.6 Å². The SMILES string of the molecule is CCNC(=NCCc1nccs1)NC1CC1C. The molecule has 0 aromatic carbocycles. The van der Waals surface area contributed by atoms with Crippen molar-refractivity contribution in [3.05, 3.63) is 16.6 Å². The van der Waals surface area contributed by atoms with Gasteiger partial charge in [-0.15, -0.1) is 11.3 Å². The molecule has 4 nitrogen and oxygen atoms in total. The zero-order valence-corrected chi connectivity index (χ0v) is 11.3. The lowest BCUT2D eigenvalue weighted by Crippen LogP contribution is -2.39. The Labute approximate surface area is 107 Å². The van der Waals surface area contributed by atoms with Crippen molar-refractivity contribution in [3.8, 4) is 0 Å². The third kappa shape index (κ3) is 4.00. The second-order valence-corrected chi connectivity index (χ2v) is 5.38. The maximum Gasteiger partial charge on any atom is 0.191 e. The summed E-state index contributed by atoms with van der Waals surface area (Å²) in [6, 6.07) is 0.618. The van der Waals surface area contributed by atoms with E-state index in [1.165, 1.54) is 6.42 Å². The second-order valence-electron chi connectivity index (χ2n) is 4.40. The first kappa shape index (κ1) is 12.4. The van der Waals surface area contributed by atoms with Crippen LogP contribution in [0.25, 0.3) is 0 Å². The van der Waals surface area contributed by atoms with Gasteiger partial charge >= 0.3 is 0 Å². The smallest absolute Gasteiger partial charge is 0.191 e. The average molecular weight is 252 g/mol. The molecule has 5 heteroatoms. The molecule has 0 spiro atoms. The lowest BCUT2D eigenvalue weighted by molar-refractivity contribution is 0.764. The number of hydrogen-bond acceptors (Lipinski definition) is 3. The number of guanidine groups is 1. The molecule has 1 aliphatic carbocycles. The number of rotatable bonds is 5. The lowest BCUT2D eigenvalue weighted by atomic mass is 10.4. The lowest BCUT2D eigenvalue weighted by Gasteiger charge is -2.10. The van der Waals surface area contributed by atoms with Crippen LogP contribution in [-0.2, 0) is 6.42 Å². The van der Waals surface area contributed by atoms with E-state index in [1.807, 2.05) is 11.6 Å². The van der Waals surface area contributed by atoms with Gasteiger partial charge in [0.15, 0.2) is 5.96 Å². The Balaban J connectivity index is 1.78. The highest BCUT2D eigenvalue weighted by Crippen LogP contribution is 2.28. The van der Waals surface area contributed by atoms with E-state index < -0.39 is 0 Å². The van der Waals surface area contributed by atoms with E-state index in [0.29, 0.717) is 6.04 Å². The molecule has 0 aliphatic heterocycles. The molecule has 1 heterocycles. The summed E-state index contributed by atoms with van der Waals surface area (Å²) in [4.78, 5) is 8.82. The fourth-order valence-electron chi connectivity index (χ4n) is 1.66. The van der Waals surface area contributed by atoms with Crippen molar-refractivity contribution >= 4 is 17.3 Å². The molecule has 1 aliphatic rings. The molecule has 0 bridgehead atoms. The van der Waals surface area contributed by atoms with Crippen LogP contribution in [0.5, 0.6) is 0 Å². The third-order valence-electron chi connectivity index (χ3n) is 2.85. The minimum Gasteiger partial charge on any atom is -0.357 e. The van der Waals surface area contributed by atoms with Gasteiger partial charge in [0.2, 0.25) is 0 Å². The van der Waals surface area contributed by atoms with Gasteiger partial charge in [-0.2, -0.15) is 0 Å². The van der Waals surface area contributed by atoms with Crippen LogP contribution < -0.4 is 10.6 Å². The molecule has 1 aromatic rings. The Morgan fingerprint density at radius 1 is 1.65 bits per heavy atom. The normalized spacial score (nSPS) is 23.5. The first-order valence-electron chi connectivity index (χ1n) is 6.22. The van der Waals surface area contributed by atoms with Crippen molar-refractivity contribution in [2.24, 2.45) is 10.9 Å². The highest BCUT2D eigenvalue weighted by atomic mass is 32.1. The quantitative estimate of drug-likeness (QED) is 0.619. The molecule has 1 fully saturated rings.